The van der Waals surface area contributed by atoms with Crippen LogP contribution in [0.25, 0.3) is 0 Å². The van der Waals surface area contributed by atoms with Crippen molar-refractivity contribution in [1.29, 1.82) is 0 Å². The van der Waals surface area contributed by atoms with Gasteiger partial charge in [-0.1, -0.05) is 0 Å². The second kappa shape index (κ2) is 10.8. The Morgan fingerprint density at radius 3 is 2.71 bits per heavy atom. The van der Waals surface area contributed by atoms with Gasteiger partial charge in [-0.25, -0.2) is 0 Å². The van der Waals surface area contributed by atoms with Gasteiger partial charge in [-0.05, 0) is 45.6 Å². The molecule has 3 fully saturated rings. The molecule has 3 aliphatic heterocycles. The minimum Gasteiger partial charge on any atom is -0.379 e. The maximum absolute atomic E-state index is 5.91. The number of morpholine rings is 1. The van der Waals surface area contributed by atoms with E-state index in [-0.39, 0.29) is 24.0 Å². The molecule has 0 radical (unpaired) electrons. The lowest BCUT2D eigenvalue weighted by Gasteiger charge is -2.26. The molecule has 0 aliphatic carbocycles. The minimum atomic E-state index is 0. The van der Waals surface area contributed by atoms with Gasteiger partial charge in [0, 0.05) is 26.2 Å². The SMILES string of the molecule is CCNC(=NCCCCN1CCOCC1)NC1CC2CCC1O2.I. The van der Waals surface area contributed by atoms with Crippen LogP contribution in [0.2, 0.25) is 0 Å². The molecule has 0 amide bonds. The van der Waals surface area contributed by atoms with Crippen LogP contribution in [0.4, 0.5) is 0 Å². The molecule has 3 unspecified atom stereocenters. The maximum atomic E-state index is 5.91. The Labute approximate surface area is 163 Å². The fraction of sp³-hybridized carbons (Fsp3) is 0.941. The summed E-state index contributed by atoms with van der Waals surface area (Å²) >= 11 is 0. The number of halogens is 1. The third-order valence-corrected chi connectivity index (χ3v) is 5.03. The molecule has 0 aromatic carbocycles. The van der Waals surface area contributed by atoms with Crippen LogP contribution < -0.4 is 10.6 Å². The van der Waals surface area contributed by atoms with E-state index >= 15 is 0 Å². The molecule has 6 nitrogen and oxygen atoms in total. The summed E-state index contributed by atoms with van der Waals surface area (Å²) in [6.07, 6.45) is 6.78. The van der Waals surface area contributed by atoms with E-state index in [1.807, 2.05) is 0 Å². The van der Waals surface area contributed by atoms with Crippen LogP contribution in [0.3, 0.4) is 0 Å². The minimum absolute atomic E-state index is 0. The van der Waals surface area contributed by atoms with Crippen molar-refractivity contribution in [2.24, 2.45) is 4.99 Å². The Bertz CT molecular complexity index is 391. The fourth-order valence-corrected chi connectivity index (χ4v) is 3.75. The van der Waals surface area contributed by atoms with Crippen molar-refractivity contribution in [2.75, 3.05) is 45.9 Å². The van der Waals surface area contributed by atoms with Gasteiger partial charge in [0.1, 0.15) is 0 Å². The van der Waals surface area contributed by atoms with E-state index in [4.69, 9.17) is 14.5 Å². The second-order valence-electron chi connectivity index (χ2n) is 6.78. The Morgan fingerprint density at radius 1 is 1.21 bits per heavy atom. The first-order valence-corrected chi connectivity index (χ1v) is 9.35. The highest BCUT2D eigenvalue weighted by atomic mass is 127. The Kier molecular flexibility index (Phi) is 9.07. The van der Waals surface area contributed by atoms with Crippen LogP contribution in [-0.2, 0) is 9.47 Å². The maximum Gasteiger partial charge on any atom is 0.191 e. The smallest absolute Gasteiger partial charge is 0.191 e. The zero-order chi connectivity index (χ0) is 15.9. The van der Waals surface area contributed by atoms with Gasteiger partial charge in [-0.3, -0.25) is 9.89 Å². The summed E-state index contributed by atoms with van der Waals surface area (Å²) in [6.45, 7) is 9.02. The molecule has 3 heterocycles. The molecule has 0 spiro atoms. The number of nitrogens with one attached hydrogen (secondary N) is 2. The van der Waals surface area contributed by atoms with E-state index in [1.54, 1.807) is 0 Å². The predicted octanol–water partition coefficient (Wildman–Crippen LogP) is 1.59. The van der Waals surface area contributed by atoms with Crippen molar-refractivity contribution >= 4 is 29.9 Å². The molecule has 24 heavy (non-hydrogen) atoms. The predicted molar refractivity (Wildman–Crippen MR) is 107 cm³/mol. The van der Waals surface area contributed by atoms with E-state index < -0.39 is 0 Å². The first-order chi connectivity index (χ1) is 11.3. The lowest BCUT2D eigenvalue weighted by Crippen LogP contribution is -2.47. The van der Waals surface area contributed by atoms with Gasteiger partial charge in [-0.15, -0.1) is 24.0 Å². The Balaban J connectivity index is 0.00000208. The van der Waals surface area contributed by atoms with Crippen molar-refractivity contribution in [2.45, 2.75) is 57.3 Å². The summed E-state index contributed by atoms with van der Waals surface area (Å²) in [6, 6.07) is 0.444. The summed E-state index contributed by atoms with van der Waals surface area (Å²) in [5.41, 5.74) is 0. The number of guanidine groups is 1. The van der Waals surface area contributed by atoms with Crippen molar-refractivity contribution in [3.63, 3.8) is 0 Å². The third kappa shape index (κ3) is 6.00. The molecular weight excluding hydrogens is 419 g/mol. The number of hydrogen-bond acceptors (Lipinski definition) is 4. The highest BCUT2D eigenvalue weighted by molar-refractivity contribution is 14.0. The molecule has 0 saturated carbocycles. The molecule has 0 aromatic rings. The highest BCUT2D eigenvalue weighted by Crippen LogP contribution is 2.34. The number of rotatable bonds is 7. The van der Waals surface area contributed by atoms with E-state index in [9.17, 15) is 0 Å². The van der Waals surface area contributed by atoms with Crippen LogP contribution in [0.15, 0.2) is 4.99 Å². The summed E-state index contributed by atoms with van der Waals surface area (Å²) in [5.74, 6) is 0.958. The molecule has 2 N–H and O–H groups in total. The first-order valence-electron chi connectivity index (χ1n) is 9.35. The van der Waals surface area contributed by atoms with Gasteiger partial charge in [0.15, 0.2) is 5.96 Å². The van der Waals surface area contributed by atoms with Gasteiger partial charge >= 0.3 is 0 Å². The molecule has 7 heteroatoms. The van der Waals surface area contributed by atoms with Gasteiger partial charge in [0.25, 0.3) is 0 Å². The molecule has 3 rings (SSSR count). The van der Waals surface area contributed by atoms with E-state index in [2.05, 4.69) is 22.5 Å². The van der Waals surface area contributed by atoms with Crippen molar-refractivity contribution in [1.82, 2.24) is 15.5 Å². The quantitative estimate of drug-likeness (QED) is 0.266. The van der Waals surface area contributed by atoms with Crippen LogP contribution in [0.5, 0.6) is 0 Å². The van der Waals surface area contributed by atoms with Crippen LogP contribution in [0.1, 0.15) is 39.0 Å². The molecular formula is C17H33IN4O2. The van der Waals surface area contributed by atoms with Crippen molar-refractivity contribution in [3.8, 4) is 0 Å². The standard InChI is InChI=1S/C17H32N4O2.HI/c1-2-18-17(20-15-13-14-5-6-16(15)23-14)19-7-3-4-8-21-9-11-22-12-10-21;/h14-16H,2-13H2,1H3,(H2,18,19,20);1H. The van der Waals surface area contributed by atoms with E-state index in [0.29, 0.717) is 18.2 Å². The number of fused-ring (bicyclic) bond motifs is 2. The normalized spacial score (nSPS) is 30.2. The van der Waals surface area contributed by atoms with Gasteiger partial charge in [0.2, 0.25) is 0 Å². The third-order valence-electron chi connectivity index (χ3n) is 5.03. The summed E-state index contributed by atoms with van der Waals surface area (Å²) in [7, 11) is 0. The fourth-order valence-electron chi connectivity index (χ4n) is 3.75. The highest BCUT2D eigenvalue weighted by Gasteiger charge is 2.41. The zero-order valence-electron chi connectivity index (χ0n) is 14.8. The molecule has 140 valence electrons. The number of aliphatic imine (C=N–C) groups is 1. The van der Waals surface area contributed by atoms with Gasteiger partial charge in [0.05, 0.1) is 31.5 Å². The van der Waals surface area contributed by atoms with Gasteiger partial charge < -0.3 is 20.1 Å². The number of ether oxygens (including phenoxy) is 2. The van der Waals surface area contributed by atoms with Gasteiger partial charge in [-0.2, -0.15) is 0 Å². The van der Waals surface area contributed by atoms with Crippen LogP contribution in [-0.4, -0.2) is 75.0 Å². The monoisotopic (exact) mass is 452 g/mol. The number of unbranched alkanes of at least 4 members (excludes halogenated alkanes) is 1. The average molecular weight is 452 g/mol. The first kappa shape index (κ1) is 20.2. The van der Waals surface area contributed by atoms with E-state index in [0.717, 1.165) is 58.2 Å². The zero-order valence-corrected chi connectivity index (χ0v) is 17.2. The van der Waals surface area contributed by atoms with E-state index in [1.165, 1.54) is 25.8 Å². The molecule has 0 aromatic heterocycles. The van der Waals surface area contributed by atoms with Crippen molar-refractivity contribution < 1.29 is 9.47 Å². The summed E-state index contributed by atoms with van der Waals surface area (Å²) in [4.78, 5) is 7.23. The lowest BCUT2D eigenvalue weighted by atomic mass is 9.96. The Hall–Kier alpha value is -0.120. The number of nitrogens with zero attached hydrogens (tertiary/aromatic N) is 2. The topological polar surface area (TPSA) is 58.1 Å². The summed E-state index contributed by atoms with van der Waals surface area (Å²) in [5, 5.41) is 6.94. The average Bonchev–Trinajstić information content (AvgIpc) is 3.18. The van der Waals surface area contributed by atoms with Crippen LogP contribution in [0, 0.1) is 0 Å². The van der Waals surface area contributed by atoms with Crippen molar-refractivity contribution in [3.05, 3.63) is 0 Å². The largest absolute Gasteiger partial charge is 0.379 e. The Morgan fingerprint density at radius 2 is 2.04 bits per heavy atom. The molecule has 2 bridgehead atoms. The van der Waals surface area contributed by atoms with Crippen LogP contribution >= 0.6 is 24.0 Å². The second-order valence-corrected chi connectivity index (χ2v) is 6.78. The number of hydrogen-bond donors (Lipinski definition) is 2. The molecule has 3 aliphatic rings. The molecule has 3 saturated heterocycles. The molecule has 3 atom stereocenters. The summed E-state index contributed by atoms with van der Waals surface area (Å²) < 4.78 is 11.3. The lowest BCUT2D eigenvalue weighted by molar-refractivity contribution is 0.0373.